The number of fused-ring (bicyclic) bond motifs is 1. The van der Waals surface area contributed by atoms with Gasteiger partial charge in [0.25, 0.3) is 5.91 Å². The number of nitrogens with one attached hydrogen (secondary N) is 1. The Hall–Kier alpha value is -3.78. The molecule has 0 aliphatic rings. The molecule has 0 atom stereocenters. The Kier molecular flexibility index (Phi) is 5.17. The van der Waals surface area contributed by atoms with E-state index in [0.717, 1.165) is 22.3 Å². The van der Waals surface area contributed by atoms with E-state index in [1.165, 1.54) is 6.21 Å². The lowest BCUT2D eigenvalue weighted by Gasteiger charge is -2.02. The van der Waals surface area contributed by atoms with Gasteiger partial charge in [-0.1, -0.05) is 30.3 Å². The Labute approximate surface area is 169 Å². The van der Waals surface area contributed by atoms with Crippen molar-refractivity contribution in [2.75, 3.05) is 7.11 Å². The summed E-state index contributed by atoms with van der Waals surface area (Å²) in [5.41, 5.74) is 3.84. The smallest absolute Gasteiger partial charge is 0.345 e. The van der Waals surface area contributed by atoms with Crippen LogP contribution in [-0.4, -0.2) is 24.2 Å². The maximum atomic E-state index is 12.3. The Morgan fingerprint density at radius 1 is 1.21 bits per heavy atom. The van der Waals surface area contributed by atoms with Gasteiger partial charge in [0.2, 0.25) is 0 Å². The molecule has 7 nitrogen and oxygen atoms in total. The van der Waals surface area contributed by atoms with Crippen molar-refractivity contribution >= 4 is 34.4 Å². The second-order valence-electron chi connectivity index (χ2n) is 5.96. The largest absolute Gasteiger partial charge is 0.496 e. The van der Waals surface area contributed by atoms with Crippen LogP contribution in [0.5, 0.6) is 5.75 Å². The number of aromatic nitrogens is 1. The van der Waals surface area contributed by atoms with Crippen molar-refractivity contribution in [1.82, 2.24) is 10.4 Å². The van der Waals surface area contributed by atoms with Gasteiger partial charge in [-0.05, 0) is 24.3 Å². The van der Waals surface area contributed by atoms with Crippen LogP contribution < -0.4 is 15.8 Å². The predicted octanol–water partition coefficient (Wildman–Crippen LogP) is 3.69. The van der Waals surface area contributed by atoms with Crippen molar-refractivity contribution in [2.24, 2.45) is 5.10 Å². The van der Waals surface area contributed by atoms with Gasteiger partial charge in [0, 0.05) is 16.3 Å². The highest BCUT2D eigenvalue weighted by Crippen LogP contribution is 2.23. The summed E-state index contributed by atoms with van der Waals surface area (Å²) in [5.74, 6) is 0.169. The van der Waals surface area contributed by atoms with Crippen LogP contribution in [0.2, 0.25) is 0 Å². The second kappa shape index (κ2) is 8.07. The molecule has 2 aromatic heterocycles. The minimum atomic E-state index is -0.504. The number of ether oxygens (including phenoxy) is 1. The van der Waals surface area contributed by atoms with E-state index < -0.39 is 11.5 Å². The van der Waals surface area contributed by atoms with E-state index in [1.54, 1.807) is 36.8 Å². The van der Waals surface area contributed by atoms with Gasteiger partial charge >= 0.3 is 5.63 Å². The van der Waals surface area contributed by atoms with Gasteiger partial charge in [-0.15, -0.1) is 11.3 Å². The number of para-hydroxylation sites is 2. The molecule has 0 aliphatic heterocycles. The standard InChI is InChI=1S/C21H15N3O4S/c1-27-17-8-4-3-7-14(17)11-22-24-19(25)20-23-16(12-29-20)15-10-13-6-2-5-9-18(13)28-21(15)26/h2-12H,1H3,(H,24,25)/b22-11+. The first-order valence-electron chi connectivity index (χ1n) is 8.61. The molecule has 0 aliphatic carbocycles. The molecule has 0 saturated heterocycles. The first-order chi connectivity index (χ1) is 14.2. The van der Waals surface area contributed by atoms with E-state index in [1.807, 2.05) is 30.3 Å². The fourth-order valence-corrected chi connectivity index (χ4v) is 3.43. The highest BCUT2D eigenvalue weighted by molar-refractivity contribution is 7.12. The molecule has 8 heteroatoms. The van der Waals surface area contributed by atoms with Crippen LogP contribution in [0.4, 0.5) is 0 Å². The zero-order chi connectivity index (χ0) is 20.2. The van der Waals surface area contributed by atoms with E-state index in [0.29, 0.717) is 22.6 Å². The molecule has 0 unspecified atom stereocenters. The highest BCUT2D eigenvalue weighted by Gasteiger charge is 2.15. The summed E-state index contributed by atoms with van der Waals surface area (Å²) < 4.78 is 10.6. The summed E-state index contributed by atoms with van der Waals surface area (Å²) >= 11 is 1.12. The molecule has 4 rings (SSSR count). The maximum Gasteiger partial charge on any atom is 0.345 e. The van der Waals surface area contributed by atoms with Crippen LogP contribution in [0.1, 0.15) is 15.4 Å². The molecule has 1 N–H and O–H groups in total. The Morgan fingerprint density at radius 3 is 2.86 bits per heavy atom. The van der Waals surface area contributed by atoms with E-state index in [2.05, 4.69) is 15.5 Å². The van der Waals surface area contributed by atoms with Gasteiger partial charge in [-0.2, -0.15) is 5.10 Å². The molecule has 0 saturated carbocycles. The molecule has 2 aromatic carbocycles. The third kappa shape index (κ3) is 3.92. The number of benzene rings is 2. The average molecular weight is 405 g/mol. The number of carbonyl (C=O) groups is 1. The number of hydrogen-bond acceptors (Lipinski definition) is 7. The summed E-state index contributed by atoms with van der Waals surface area (Å²) in [7, 11) is 1.56. The molecule has 2 heterocycles. The van der Waals surface area contributed by atoms with Crippen LogP contribution in [0.3, 0.4) is 0 Å². The van der Waals surface area contributed by atoms with Crippen LogP contribution in [0.15, 0.2) is 74.3 Å². The zero-order valence-electron chi connectivity index (χ0n) is 15.3. The molecule has 4 aromatic rings. The highest BCUT2D eigenvalue weighted by atomic mass is 32.1. The summed E-state index contributed by atoms with van der Waals surface area (Å²) in [6.07, 6.45) is 1.49. The monoisotopic (exact) mass is 405 g/mol. The lowest BCUT2D eigenvalue weighted by Crippen LogP contribution is -2.17. The Balaban J connectivity index is 1.53. The first kappa shape index (κ1) is 18.6. The molecule has 0 radical (unpaired) electrons. The molecular formula is C21H15N3O4S. The van der Waals surface area contributed by atoms with Crippen LogP contribution in [0.25, 0.3) is 22.2 Å². The van der Waals surface area contributed by atoms with Gasteiger partial charge in [-0.25, -0.2) is 15.2 Å². The fraction of sp³-hybridized carbons (Fsp3) is 0.0476. The maximum absolute atomic E-state index is 12.3. The molecule has 144 valence electrons. The number of hydrogen-bond donors (Lipinski definition) is 1. The Bertz CT molecular complexity index is 1280. The van der Waals surface area contributed by atoms with Crippen LogP contribution in [-0.2, 0) is 0 Å². The first-order valence-corrected chi connectivity index (χ1v) is 9.49. The lowest BCUT2D eigenvalue weighted by molar-refractivity contribution is 0.0955. The number of thiazole rings is 1. The van der Waals surface area contributed by atoms with Crippen molar-refractivity contribution in [3.8, 4) is 17.0 Å². The third-order valence-electron chi connectivity index (χ3n) is 4.12. The summed E-state index contributed by atoms with van der Waals surface area (Å²) in [6.45, 7) is 0. The van der Waals surface area contributed by atoms with E-state index in [-0.39, 0.29) is 5.01 Å². The van der Waals surface area contributed by atoms with Crippen molar-refractivity contribution in [3.63, 3.8) is 0 Å². The number of hydrazone groups is 1. The lowest BCUT2D eigenvalue weighted by atomic mass is 10.1. The van der Waals surface area contributed by atoms with Crippen LogP contribution >= 0.6 is 11.3 Å². The van der Waals surface area contributed by atoms with Crippen LogP contribution in [0, 0.1) is 0 Å². The fourth-order valence-electron chi connectivity index (χ4n) is 2.72. The van der Waals surface area contributed by atoms with Crippen molar-refractivity contribution in [2.45, 2.75) is 0 Å². The van der Waals surface area contributed by atoms with E-state index in [4.69, 9.17) is 9.15 Å². The van der Waals surface area contributed by atoms with Gasteiger partial charge in [0.15, 0.2) is 5.01 Å². The quantitative estimate of drug-likeness (QED) is 0.310. The van der Waals surface area contributed by atoms with Gasteiger partial charge < -0.3 is 9.15 Å². The molecule has 0 fully saturated rings. The van der Waals surface area contributed by atoms with Gasteiger partial charge in [-0.3, -0.25) is 4.79 Å². The Morgan fingerprint density at radius 2 is 2.00 bits per heavy atom. The average Bonchev–Trinajstić information content (AvgIpc) is 3.23. The molecule has 0 spiro atoms. The van der Waals surface area contributed by atoms with Gasteiger partial charge in [0.05, 0.1) is 24.6 Å². The molecule has 1 amide bonds. The number of methoxy groups -OCH3 is 1. The molecular weight excluding hydrogens is 390 g/mol. The topological polar surface area (TPSA) is 93.8 Å². The molecule has 29 heavy (non-hydrogen) atoms. The minimum Gasteiger partial charge on any atom is -0.496 e. The zero-order valence-corrected chi connectivity index (χ0v) is 16.1. The number of rotatable bonds is 5. The predicted molar refractivity (Wildman–Crippen MR) is 112 cm³/mol. The SMILES string of the molecule is COc1ccccc1/C=N/NC(=O)c1nc(-c2cc3ccccc3oc2=O)cs1. The number of nitrogens with zero attached hydrogens (tertiary/aromatic N) is 2. The van der Waals surface area contributed by atoms with Crippen molar-refractivity contribution in [3.05, 3.63) is 81.0 Å². The normalized spacial score (nSPS) is 11.1. The van der Waals surface area contributed by atoms with Gasteiger partial charge in [0.1, 0.15) is 11.3 Å². The number of carbonyl (C=O) groups excluding carboxylic acids is 1. The second-order valence-corrected chi connectivity index (χ2v) is 6.82. The van der Waals surface area contributed by atoms with Crippen molar-refractivity contribution < 1.29 is 13.9 Å². The summed E-state index contributed by atoms with van der Waals surface area (Å²) in [5, 5.41) is 6.55. The third-order valence-corrected chi connectivity index (χ3v) is 4.97. The summed E-state index contributed by atoms with van der Waals surface area (Å²) in [6, 6.07) is 16.2. The minimum absolute atomic E-state index is 0.185. The number of amides is 1. The van der Waals surface area contributed by atoms with Crippen molar-refractivity contribution in [1.29, 1.82) is 0 Å². The molecule has 0 bridgehead atoms. The van der Waals surface area contributed by atoms with E-state index in [9.17, 15) is 9.59 Å². The summed E-state index contributed by atoms with van der Waals surface area (Å²) in [4.78, 5) is 28.8. The van der Waals surface area contributed by atoms with E-state index >= 15 is 0 Å².